The maximum Gasteiger partial charge on any atom is 0.460 e. The molecule has 1 fully saturated rings. The SMILES string of the molecule is Nc1nc(C2CNCCO2)nc(C(F)(F)C(F)(F)C(F)(F)F)n1. The maximum absolute atomic E-state index is 13.6. The van der Waals surface area contributed by atoms with Crippen molar-refractivity contribution in [2.24, 2.45) is 0 Å². The molecular weight excluding hydrogens is 339 g/mol. The third-order valence-corrected chi connectivity index (χ3v) is 2.92. The zero-order chi connectivity index (χ0) is 17.5. The summed E-state index contributed by atoms with van der Waals surface area (Å²) >= 11 is 0. The molecule has 0 saturated carbocycles. The summed E-state index contributed by atoms with van der Waals surface area (Å²) in [5.74, 6) is -15.7. The standard InChI is InChI=1S/C10H10F7N5O/c11-8(12,9(13,14)10(15,16)17)6-20-5(21-7(18)22-6)4-3-19-1-2-23-4/h4,19H,1-3H2,(H2,18,20,21,22). The summed E-state index contributed by atoms with van der Waals surface area (Å²) in [4.78, 5) is 9.19. The number of hydrogen-bond donors (Lipinski definition) is 2. The quantitative estimate of drug-likeness (QED) is 0.803. The van der Waals surface area contributed by atoms with Gasteiger partial charge in [0.05, 0.1) is 6.61 Å². The first kappa shape index (κ1) is 17.6. The van der Waals surface area contributed by atoms with Crippen molar-refractivity contribution in [1.82, 2.24) is 20.3 Å². The van der Waals surface area contributed by atoms with Gasteiger partial charge in [0.1, 0.15) is 6.10 Å². The molecule has 1 unspecified atom stereocenters. The van der Waals surface area contributed by atoms with Crippen molar-refractivity contribution in [1.29, 1.82) is 0 Å². The number of anilines is 1. The first-order chi connectivity index (χ1) is 10.5. The molecule has 6 nitrogen and oxygen atoms in total. The van der Waals surface area contributed by atoms with Gasteiger partial charge in [-0.3, -0.25) is 0 Å². The van der Waals surface area contributed by atoms with Gasteiger partial charge in [-0.05, 0) is 0 Å². The van der Waals surface area contributed by atoms with Crippen LogP contribution in [0.2, 0.25) is 0 Å². The summed E-state index contributed by atoms with van der Waals surface area (Å²) in [5, 5.41) is 2.78. The number of aromatic nitrogens is 3. The average molecular weight is 349 g/mol. The van der Waals surface area contributed by atoms with Crippen molar-refractivity contribution >= 4 is 5.95 Å². The van der Waals surface area contributed by atoms with E-state index in [1.165, 1.54) is 0 Å². The fourth-order valence-electron chi connectivity index (χ4n) is 1.74. The van der Waals surface area contributed by atoms with Crippen LogP contribution in [0.3, 0.4) is 0 Å². The van der Waals surface area contributed by atoms with Gasteiger partial charge < -0.3 is 15.8 Å². The van der Waals surface area contributed by atoms with Crippen molar-refractivity contribution < 1.29 is 35.5 Å². The molecule has 13 heteroatoms. The molecule has 2 rings (SSSR count). The number of rotatable bonds is 3. The van der Waals surface area contributed by atoms with E-state index in [0.717, 1.165) is 0 Å². The van der Waals surface area contributed by atoms with E-state index in [2.05, 4.69) is 20.3 Å². The third-order valence-electron chi connectivity index (χ3n) is 2.92. The van der Waals surface area contributed by atoms with Crippen LogP contribution in [0, 0.1) is 0 Å². The highest BCUT2D eigenvalue weighted by atomic mass is 19.4. The predicted octanol–water partition coefficient (Wildman–Crippen LogP) is 1.40. The predicted molar refractivity (Wildman–Crippen MR) is 60.7 cm³/mol. The van der Waals surface area contributed by atoms with Crippen LogP contribution >= 0.6 is 0 Å². The van der Waals surface area contributed by atoms with Gasteiger partial charge in [0, 0.05) is 13.1 Å². The van der Waals surface area contributed by atoms with E-state index in [0.29, 0.717) is 6.54 Å². The second kappa shape index (κ2) is 5.70. The van der Waals surface area contributed by atoms with Crippen molar-refractivity contribution in [2.45, 2.75) is 24.1 Å². The van der Waals surface area contributed by atoms with Crippen LogP contribution in [0.5, 0.6) is 0 Å². The van der Waals surface area contributed by atoms with Crippen molar-refractivity contribution in [3.8, 4) is 0 Å². The van der Waals surface area contributed by atoms with Crippen LogP contribution in [0.15, 0.2) is 0 Å². The highest BCUT2D eigenvalue weighted by Crippen LogP contribution is 2.50. The topological polar surface area (TPSA) is 86.0 Å². The molecule has 3 N–H and O–H groups in total. The van der Waals surface area contributed by atoms with E-state index < -0.39 is 41.7 Å². The second-order valence-electron chi connectivity index (χ2n) is 4.59. The molecular formula is C10H10F7N5O. The van der Waals surface area contributed by atoms with Gasteiger partial charge in [-0.1, -0.05) is 0 Å². The normalized spacial score (nSPS) is 20.6. The summed E-state index contributed by atoms with van der Waals surface area (Å²) in [6.45, 7) is 0.622. The van der Waals surface area contributed by atoms with E-state index in [1.54, 1.807) is 0 Å². The highest BCUT2D eigenvalue weighted by molar-refractivity contribution is 5.20. The van der Waals surface area contributed by atoms with Gasteiger partial charge in [0.2, 0.25) is 11.8 Å². The Kier molecular flexibility index (Phi) is 4.36. The lowest BCUT2D eigenvalue weighted by Crippen LogP contribution is -2.51. The zero-order valence-corrected chi connectivity index (χ0v) is 11.2. The smallest absolute Gasteiger partial charge is 0.368 e. The van der Waals surface area contributed by atoms with Crippen LogP contribution in [-0.4, -0.2) is 46.7 Å². The largest absolute Gasteiger partial charge is 0.460 e. The van der Waals surface area contributed by atoms with E-state index >= 15 is 0 Å². The van der Waals surface area contributed by atoms with Crippen LogP contribution in [0.1, 0.15) is 17.8 Å². The molecule has 0 amide bonds. The van der Waals surface area contributed by atoms with Gasteiger partial charge >= 0.3 is 18.0 Å². The van der Waals surface area contributed by atoms with Crippen LogP contribution in [0.4, 0.5) is 36.7 Å². The molecule has 1 aromatic heterocycles. The lowest BCUT2D eigenvalue weighted by molar-refractivity contribution is -0.361. The Morgan fingerprint density at radius 1 is 1.04 bits per heavy atom. The fourth-order valence-corrected chi connectivity index (χ4v) is 1.74. The van der Waals surface area contributed by atoms with Crippen molar-refractivity contribution in [3.05, 3.63) is 11.6 Å². The minimum atomic E-state index is -6.50. The Labute approximate surface area is 124 Å². The van der Waals surface area contributed by atoms with Crippen LogP contribution in [0.25, 0.3) is 0 Å². The number of ether oxygens (including phenoxy) is 1. The Balaban J connectivity index is 2.44. The molecule has 2 heterocycles. The Hall–Kier alpha value is -1.76. The first-order valence-electron chi connectivity index (χ1n) is 6.13. The van der Waals surface area contributed by atoms with E-state index in [1.807, 2.05) is 0 Å². The number of morpholine rings is 1. The Morgan fingerprint density at radius 2 is 1.70 bits per heavy atom. The third kappa shape index (κ3) is 3.15. The molecule has 1 aliphatic heterocycles. The number of nitrogens with one attached hydrogen (secondary N) is 1. The molecule has 1 saturated heterocycles. The first-order valence-corrected chi connectivity index (χ1v) is 6.13. The molecule has 130 valence electrons. The number of nitrogens with zero attached hydrogens (tertiary/aromatic N) is 3. The summed E-state index contributed by atoms with van der Waals surface area (Å²) in [6, 6.07) is 0. The summed E-state index contributed by atoms with van der Waals surface area (Å²) in [6.07, 6.45) is -7.52. The molecule has 0 radical (unpaired) electrons. The minimum absolute atomic E-state index is 0.0458. The van der Waals surface area contributed by atoms with Crippen LogP contribution < -0.4 is 11.1 Å². The van der Waals surface area contributed by atoms with Gasteiger partial charge in [-0.15, -0.1) is 0 Å². The minimum Gasteiger partial charge on any atom is -0.368 e. The molecule has 1 atom stereocenters. The van der Waals surface area contributed by atoms with E-state index in [9.17, 15) is 30.7 Å². The van der Waals surface area contributed by atoms with E-state index in [4.69, 9.17) is 10.5 Å². The average Bonchev–Trinajstić information content (AvgIpc) is 2.46. The molecule has 1 aliphatic rings. The molecule has 0 spiro atoms. The number of hydrogen-bond acceptors (Lipinski definition) is 6. The summed E-state index contributed by atoms with van der Waals surface area (Å²) in [5.41, 5.74) is 5.12. The zero-order valence-electron chi connectivity index (χ0n) is 11.2. The molecule has 0 bridgehead atoms. The molecule has 0 aliphatic carbocycles. The molecule has 23 heavy (non-hydrogen) atoms. The maximum atomic E-state index is 13.6. The van der Waals surface area contributed by atoms with Crippen LogP contribution in [-0.2, 0) is 10.7 Å². The fraction of sp³-hybridized carbons (Fsp3) is 0.700. The van der Waals surface area contributed by atoms with Gasteiger partial charge in [-0.2, -0.15) is 40.7 Å². The lowest BCUT2D eigenvalue weighted by Gasteiger charge is -2.28. The number of halogens is 7. The van der Waals surface area contributed by atoms with Gasteiger partial charge in [-0.25, -0.2) is 4.98 Å². The van der Waals surface area contributed by atoms with Gasteiger partial charge in [0.25, 0.3) is 0 Å². The summed E-state index contributed by atoms with van der Waals surface area (Å²) in [7, 11) is 0. The lowest BCUT2D eigenvalue weighted by atomic mass is 10.1. The number of alkyl halides is 7. The van der Waals surface area contributed by atoms with Gasteiger partial charge in [0.15, 0.2) is 5.82 Å². The molecule has 1 aromatic rings. The highest BCUT2D eigenvalue weighted by Gasteiger charge is 2.75. The number of nitrogen functional groups attached to an aromatic ring is 1. The Bertz CT molecular complexity index is 573. The van der Waals surface area contributed by atoms with E-state index in [-0.39, 0.29) is 13.2 Å². The number of nitrogens with two attached hydrogens (primary N) is 1. The summed E-state index contributed by atoms with van der Waals surface area (Å²) < 4.78 is 95.0. The molecule has 0 aromatic carbocycles. The Morgan fingerprint density at radius 3 is 2.22 bits per heavy atom. The van der Waals surface area contributed by atoms with Crippen molar-refractivity contribution in [3.63, 3.8) is 0 Å². The monoisotopic (exact) mass is 349 g/mol. The second-order valence-corrected chi connectivity index (χ2v) is 4.59. The van der Waals surface area contributed by atoms with Crippen molar-refractivity contribution in [2.75, 3.05) is 25.4 Å².